The first kappa shape index (κ1) is 18.8. The number of nitro benzene ring substituents is 1. The maximum Gasteiger partial charge on any atom is 0.339 e. The third-order valence-corrected chi connectivity index (χ3v) is 3.36. The fourth-order valence-corrected chi connectivity index (χ4v) is 2.05. The molecule has 136 valence electrons. The minimum absolute atomic E-state index is 0.0107. The second-order valence-corrected chi connectivity index (χ2v) is 5.19. The van der Waals surface area contributed by atoms with E-state index in [9.17, 15) is 24.1 Å². The van der Waals surface area contributed by atoms with Gasteiger partial charge < -0.3 is 14.8 Å². The number of amides is 1. The number of rotatable bonds is 6. The predicted octanol–water partition coefficient (Wildman–Crippen LogP) is 2.93. The number of methoxy groups -OCH3 is 1. The van der Waals surface area contributed by atoms with E-state index < -0.39 is 34.4 Å². The summed E-state index contributed by atoms with van der Waals surface area (Å²) in [7, 11) is 1.26. The number of esters is 1. The van der Waals surface area contributed by atoms with E-state index in [2.05, 4.69) is 5.32 Å². The number of anilines is 1. The maximum absolute atomic E-state index is 13.1. The summed E-state index contributed by atoms with van der Waals surface area (Å²) in [5.41, 5.74) is -0.306. The minimum Gasteiger partial charge on any atom is -0.490 e. The molecule has 1 unspecified atom stereocenters. The van der Waals surface area contributed by atoms with E-state index in [0.29, 0.717) is 0 Å². The highest BCUT2D eigenvalue weighted by atomic mass is 19.1. The van der Waals surface area contributed by atoms with Crippen molar-refractivity contribution in [2.24, 2.45) is 0 Å². The molecule has 0 aliphatic heterocycles. The first-order valence-electron chi connectivity index (χ1n) is 7.41. The lowest BCUT2D eigenvalue weighted by molar-refractivity contribution is -0.385. The molecular weight excluding hydrogens is 347 g/mol. The number of carbonyl (C=O) groups is 2. The Balaban J connectivity index is 2.07. The van der Waals surface area contributed by atoms with Gasteiger partial charge in [0.05, 0.1) is 17.6 Å². The molecule has 0 radical (unpaired) electrons. The zero-order valence-electron chi connectivity index (χ0n) is 13.9. The Hall–Kier alpha value is -3.49. The monoisotopic (exact) mass is 362 g/mol. The molecule has 0 fully saturated rings. The van der Waals surface area contributed by atoms with Crippen molar-refractivity contribution in [2.75, 3.05) is 12.4 Å². The van der Waals surface area contributed by atoms with Crippen LogP contribution in [0.25, 0.3) is 0 Å². The Labute approximate surface area is 147 Å². The molecule has 1 atom stereocenters. The Morgan fingerprint density at radius 3 is 2.58 bits per heavy atom. The van der Waals surface area contributed by atoms with Gasteiger partial charge in [-0.25, -0.2) is 9.18 Å². The Bertz CT molecular complexity index is 855. The average Bonchev–Trinajstić information content (AvgIpc) is 2.60. The van der Waals surface area contributed by atoms with Crippen LogP contribution < -0.4 is 10.1 Å². The highest BCUT2D eigenvalue weighted by Gasteiger charge is 2.23. The molecular formula is C17H15FN2O6. The van der Waals surface area contributed by atoms with Crippen molar-refractivity contribution in [3.05, 3.63) is 64.0 Å². The van der Waals surface area contributed by atoms with Crippen LogP contribution in [0, 0.1) is 15.9 Å². The summed E-state index contributed by atoms with van der Waals surface area (Å²) in [6, 6.07) is 8.76. The van der Waals surface area contributed by atoms with Crippen molar-refractivity contribution in [2.45, 2.75) is 13.0 Å². The van der Waals surface area contributed by atoms with Crippen LogP contribution in [0.2, 0.25) is 0 Å². The highest BCUT2D eigenvalue weighted by Crippen LogP contribution is 2.27. The van der Waals surface area contributed by atoms with E-state index in [1.165, 1.54) is 44.4 Å². The smallest absolute Gasteiger partial charge is 0.339 e. The fourth-order valence-electron chi connectivity index (χ4n) is 2.05. The van der Waals surface area contributed by atoms with Gasteiger partial charge in [0.15, 0.2) is 11.9 Å². The lowest BCUT2D eigenvalue weighted by Gasteiger charge is -2.14. The van der Waals surface area contributed by atoms with Gasteiger partial charge in [-0.05, 0) is 37.3 Å². The van der Waals surface area contributed by atoms with Crippen LogP contribution in [0.4, 0.5) is 15.8 Å². The summed E-state index contributed by atoms with van der Waals surface area (Å²) in [4.78, 5) is 34.4. The summed E-state index contributed by atoms with van der Waals surface area (Å²) in [6.07, 6.45) is -1.20. The van der Waals surface area contributed by atoms with Crippen LogP contribution >= 0.6 is 0 Å². The molecule has 0 bridgehead atoms. The van der Waals surface area contributed by atoms with Gasteiger partial charge >= 0.3 is 11.7 Å². The molecule has 0 aliphatic rings. The van der Waals surface area contributed by atoms with Crippen LogP contribution in [-0.2, 0) is 9.53 Å². The number of carbonyl (C=O) groups excluding carboxylic acids is 2. The number of nitrogens with zero attached hydrogens (tertiary/aromatic N) is 1. The molecule has 0 heterocycles. The Morgan fingerprint density at radius 1 is 1.23 bits per heavy atom. The SMILES string of the molecule is COc1ccc(C(=O)OC(C)C(=O)Nc2cccc(F)c2)cc1[N+](=O)[O-]. The summed E-state index contributed by atoms with van der Waals surface area (Å²) in [5.74, 6) is -2.13. The number of ether oxygens (including phenoxy) is 2. The number of hydrogen-bond donors (Lipinski definition) is 1. The van der Waals surface area contributed by atoms with E-state index in [1.807, 2.05) is 0 Å². The average molecular weight is 362 g/mol. The molecule has 0 aromatic heterocycles. The highest BCUT2D eigenvalue weighted by molar-refractivity contribution is 5.97. The molecule has 1 amide bonds. The Morgan fingerprint density at radius 2 is 1.96 bits per heavy atom. The van der Waals surface area contributed by atoms with Crippen molar-refractivity contribution < 1.29 is 28.4 Å². The van der Waals surface area contributed by atoms with Crippen molar-refractivity contribution >= 4 is 23.3 Å². The molecule has 26 heavy (non-hydrogen) atoms. The van der Waals surface area contributed by atoms with E-state index in [0.717, 1.165) is 12.1 Å². The van der Waals surface area contributed by atoms with Crippen molar-refractivity contribution in [3.8, 4) is 5.75 Å². The molecule has 0 spiro atoms. The van der Waals surface area contributed by atoms with Crippen LogP contribution in [0.15, 0.2) is 42.5 Å². The van der Waals surface area contributed by atoms with Gasteiger partial charge in [0.1, 0.15) is 5.82 Å². The molecule has 0 aliphatic carbocycles. The van der Waals surface area contributed by atoms with Crippen LogP contribution in [0.5, 0.6) is 5.75 Å². The lowest BCUT2D eigenvalue weighted by Crippen LogP contribution is -2.30. The van der Waals surface area contributed by atoms with Crippen LogP contribution in [0.1, 0.15) is 17.3 Å². The third-order valence-electron chi connectivity index (χ3n) is 3.36. The quantitative estimate of drug-likeness (QED) is 0.481. The first-order valence-corrected chi connectivity index (χ1v) is 7.41. The van der Waals surface area contributed by atoms with E-state index in [1.54, 1.807) is 0 Å². The lowest BCUT2D eigenvalue weighted by atomic mass is 10.2. The van der Waals surface area contributed by atoms with Gasteiger partial charge in [0.2, 0.25) is 0 Å². The van der Waals surface area contributed by atoms with Gasteiger partial charge in [-0.2, -0.15) is 0 Å². The zero-order valence-corrected chi connectivity index (χ0v) is 13.9. The first-order chi connectivity index (χ1) is 12.3. The van der Waals surface area contributed by atoms with E-state index in [4.69, 9.17) is 9.47 Å². The molecule has 0 saturated heterocycles. The minimum atomic E-state index is -1.20. The van der Waals surface area contributed by atoms with Gasteiger partial charge in [-0.1, -0.05) is 6.07 Å². The van der Waals surface area contributed by atoms with Gasteiger partial charge in [-0.15, -0.1) is 0 Å². The van der Waals surface area contributed by atoms with Crippen molar-refractivity contribution in [3.63, 3.8) is 0 Å². The van der Waals surface area contributed by atoms with Crippen molar-refractivity contribution in [1.29, 1.82) is 0 Å². The number of benzene rings is 2. The topological polar surface area (TPSA) is 108 Å². The summed E-state index contributed by atoms with van der Waals surface area (Å²) >= 11 is 0. The van der Waals surface area contributed by atoms with Gasteiger partial charge in [0, 0.05) is 11.8 Å². The maximum atomic E-state index is 13.1. The van der Waals surface area contributed by atoms with E-state index in [-0.39, 0.29) is 17.0 Å². The van der Waals surface area contributed by atoms with Gasteiger partial charge in [-0.3, -0.25) is 14.9 Å². The summed E-state index contributed by atoms with van der Waals surface area (Å²) < 4.78 is 23.0. The standard InChI is InChI=1S/C17H15FN2O6/c1-10(16(21)19-13-5-3-4-12(18)9-13)26-17(22)11-6-7-15(25-2)14(8-11)20(23)24/h3-10H,1-2H3,(H,19,21). The molecule has 2 rings (SSSR count). The summed E-state index contributed by atoms with van der Waals surface area (Å²) in [6.45, 7) is 1.32. The second-order valence-electron chi connectivity index (χ2n) is 5.19. The third kappa shape index (κ3) is 4.53. The number of nitrogens with one attached hydrogen (secondary N) is 1. The normalized spacial score (nSPS) is 11.3. The number of hydrogen-bond acceptors (Lipinski definition) is 6. The van der Waals surface area contributed by atoms with Crippen molar-refractivity contribution in [1.82, 2.24) is 0 Å². The zero-order chi connectivity index (χ0) is 19.3. The molecule has 2 aromatic carbocycles. The largest absolute Gasteiger partial charge is 0.490 e. The number of halogens is 1. The van der Waals surface area contributed by atoms with Gasteiger partial charge in [0.25, 0.3) is 5.91 Å². The molecule has 2 aromatic rings. The summed E-state index contributed by atoms with van der Waals surface area (Å²) in [5, 5.41) is 13.4. The second kappa shape index (κ2) is 8.06. The molecule has 9 heteroatoms. The van der Waals surface area contributed by atoms with Crippen LogP contribution in [0.3, 0.4) is 0 Å². The molecule has 1 N–H and O–H groups in total. The van der Waals surface area contributed by atoms with E-state index >= 15 is 0 Å². The Kier molecular flexibility index (Phi) is 5.84. The predicted molar refractivity (Wildman–Crippen MR) is 89.6 cm³/mol. The molecule has 8 nitrogen and oxygen atoms in total. The fraction of sp³-hybridized carbons (Fsp3) is 0.176. The van der Waals surface area contributed by atoms with Crippen LogP contribution in [-0.4, -0.2) is 30.0 Å². The number of nitro groups is 1. The molecule has 0 saturated carbocycles.